The van der Waals surface area contributed by atoms with Crippen LogP contribution < -0.4 is 10.6 Å². The summed E-state index contributed by atoms with van der Waals surface area (Å²) in [4.78, 5) is 4.36. The summed E-state index contributed by atoms with van der Waals surface area (Å²) in [5.74, 6) is 0.504. The summed E-state index contributed by atoms with van der Waals surface area (Å²) in [6.45, 7) is 3.10. The summed E-state index contributed by atoms with van der Waals surface area (Å²) in [7, 11) is 0. The van der Waals surface area contributed by atoms with Crippen molar-refractivity contribution in [1.82, 2.24) is 10.6 Å². The average molecular weight is 507 g/mol. The molecule has 0 saturated heterocycles. The van der Waals surface area contributed by atoms with Crippen LogP contribution in [0.15, 0.2) is 59.6 Å². The summed E-state index contributed by atoms with van der Waals surface area (Å²) >= 11 is 0. The fourth-order valence-electron chi connectivity index (χ4n) is 2.48. The molecule has 0 spiro atoms. The zero-order chi connectivity index (χ0) is 19.7. The maximum atomic E-state index is 12.6. The van der Waals surface area contributed by atoms with Crippen LogP contribution in [0.25, 0.3) is 0 Å². The van der Waals surface area contributed by atoms with Crippen molar-refractivity contribution >= 4 is 29.9 Å². The number of hydrogen-bond acceptors (Lipinski definition) is 2. The highest BCUT2D eigenvalue weighted by atomic mass is 127. The molecule has 4 nitrogen and oxygen atoms in total. The lowest BCUT2D eigenvalue weighted by Gasteiger charge is -2.15. The molecule has 2 aromatic carbocycles. The number of aliphatic hydroxyl groups excluding tert-OH is 1. The lowest BCUT2D eigenvalue weighted by molar-refractivity contribution is -0.137. The highest BCUT2D eigenvalue weighted by Crippen LogP contribution is 2.29. The first-order valence-electron chi connectivity index (χ1n) is 8.78. The molecule has 0 saturated carbocycles. The molecule has 2 rings (SSSR count). The summed E-state index contributed by atoms with van der Waals surface area (Å²) < 4.78 is 37.8. The molecule has 0 amide bonds. The molecule has 28 heavy (non-hydrogen) atoms. The van der Waals surface area contributed by atoms with Gasteiger partial charge in [-0.15, -0.1) is 24.0 Å². The van der Waals surface area contributed by atoms with Crippen molar-refractivity contribution in [2.24, 2.45) is 4.99 Å². The molecule has 0 aliphatic heterocycles. The van der Waals surface area contributed by atoms with E-state index < -0.39 is 17.8 Å². The number of aliphatic imine (C=N–C) groups is 1. The molecule has 154 valence electrons. The Labute approximate surface area is 180 Å². The van der Waals surface area contributed by atoms with Gasteiger partial charge in [-0.25, -0.2) is 4.99 Å². The molecule has 0 aliphatic carbocycles. The third kappa shape index (κ3) is 8.47. The molecule has 0 bridgehead atoms. The second-order valence-corrected chi connectivity index (χ2v) is 6.11. The minimum Gasteiger partial charge on any atom is -0.391 e. The Morgan fingerprint density at radius 3 is 2.21 bits per heavy atom. The van der Waals surface area contributed by atoms with Crippen LogP contribution in [-0.4, -0.2) is 30.3 Å². The van der Waals surface area contributed by atoms with Gasteiger partial charge in [0.1, 0.15) is 0 Å². The smallest absolute Gasteiger partial charge is 0.391 e. The Morgan fingerprint density at radius 2 is 1.64 bits per heavy atom. The van der Waals surface area contributed by atoms with Crippen molar-refractivity contribution in [2.75, 3.05) is 13.1 Å². The maximum Gasteiger partial charge on any atom is 0.416 e. The third-order valence-corrected chi connectivity index (χ3v) is 3.86. The van der Waals surface area contributed by atoms with Gasteiger partial charge in [0.05, 0.1) is 18.2 Å². The van der Waals surface area contributed by atoms with E-state index in [0.717, 1.165) is 17.7 Å². The van der Waals surface area contributed by atoms with Gasteiger partial charge in [-0.3, -0.25) is 0 Å². The van der Waals surface area contributed by atoms with Crippen molar-refractivity contribution in [3.05, 3.63) is 71.3 Å². The highest BCUT2D eigenvalue weighted by Gasteiger charge is 2.29. The SMILES string of the molecule is CCNC(=NCc1ccc(C(F)(F)F)cc1)NCC(O)Cc1ccccc1.I. The number of halogens is 4. The molecule has 0 radical (unpaired) electrons. The second-order valence-electron chi connectivity index (χ2n) is 6.11. The van der Waals surface area contributed by atoms with Crippen LogP contribution >= 0.6 is 24.0 Å². The standard InChI is InChI=1S/C20H24F3N3O.HI/c1-2-24-19(26-14-18(27)12-15-6-4-3-5-7-15)25-13-16-8-10-17(11-9-16)20(21,22)23;/h3-11,18,27H,2,12-14H2,1H3,(H2,24,25,26);1H. The predicted molar refractivity (Wildman–Crippen MR) is 116 cm³/mol. The molecule has 0 fully saturated rings. The Hall–Kier alpha value is -1.81. The van der Waals surface area contributed by atoms with Gasteiger partial charge in [0, 0.05) is 19.5 Å². The maximum absolute atomic E-state index is 12.6. The van der Waals surface area contributed by atoms with Crippen LogP contribution in [-0.2, 0) is 19.1 Å². The summed E-state index contributed by atoms with van der Waals surface area (Å²) in [5.41, 5.74) is 1.04. The second kappa shape index (κ2) is 11.9. The first kappa shape index (κ1) is 24.2. The Bertz CT molecular complexity index is 722. The number of guanidine groups is 1. The van der Waals surface area contributed by atoms with Crippen molar-refractivity contribution < 1.29 is 18.3 Å². The number of hydrogen-bond donors (Lipinski definition) is 3. The number of alkyl halides is 3. The largest absolute Gasteiger partial charge is 0.416 e. The van der Waals surface area contributed by atoms with E-state index in [1.807, 2.05) is 37.3 Å². The predicted octanol–water partition coefficient (Wildman–Crippen LogP) is 3.98. The van der Waals surface area contributed by atoms with Crippen LogP contribution in [0.5, 0.6) is 0 Å². The Kier molecular flexibility index (Phi) is 10.3. The van der Waals surface area contributed by atoms with Gasteiger partial charge in [0.25, 0.3) is 0 Å². The van der Waals surface area contributed by atoms with E-state index in [-0.39, 0.29) is 30.5 Å². The summed E-state index contributed by atoms with van der Waals surface area (Å²) in [5, 5.41) is 16.3. The van der Waals surface area contributed by atoms with Crippen LogP contribution in [0, 0.1) is 0 Å². The van der Waals surface area contributed by atoms with E-state index in [1.54, 1.807) is 0 Å². The number of nitrogens with zero attached hydrogens (tertiary/aromatic N) is 1. The molecule has 0 aromatic heterocycles. The Balaban J connectivity index is 0.00000392. The Morgan fingerprint density at radius 1 is 1.00 bits per heavy atom. The zero-order valence-corrected chi connectivity index (χ0v) is 17.9. The molecule has 8 heteroatoms. The number of nitrogens with one attached hydrogen (secondary N) is 2. The molecular weight excluding hydrogens is 482 g/mol. The average Bonchev–Trinajstić information content (AvgIpc) is 2.64. The van der Waals surface area contributed by atoms with Gasteiger partial charge < -0.3 is 15.7 Å². The van der Waals surface area contributed by atoms with E-state index in [2.05, 4.69) is 15.6 Å². The van der Waals surface area contributed by atoms with E-state index in [4.69, 9.17) is 0 Å². The third-order valence-electron chi connectivity index (χ3n) is 3.86. The van der Waals surface area contributed by atoms with Gasteiger partial charge >= 0.3 is 6.18 Å². The fourth-order valence-corrected chi connectivity index (χ4v) is 2.48. The van der Waals surface area contributed by atoms with E-state index >= 15 is 0 Å². The van der Waals surface area contributed by atoms with Crippen molar-refractivity contribution in [3.8, 4) is 0 Å². The zero-order valence-electron chi connectivity index (χ0n) is 15.5. The van der Waals surface area contributed by atoms with Crippen LogP contribution in [0.2, 0.25) is 0 Å². The quantitative estimate of drug-likeness (QED) is 0.302. The minimum atomic E-state index is -4.34. The van der Waals surface area contributed by atoms with Crippen molar-refractivity contribution in [3.63, 3.8) is 0 Å². The molecule has 3 N–H and O–H groups in total. The van der Waals surface area contributed by atoms with Crippen molar-refractivity contribution in [2.45, 2.75) is 32.2 Å². The molecule has 1 atom stereocenters. The number of aliphatic hydroxyl groups is 1. The van der Waals surface area contributed by atoms with Crippen molar-refractivity contribution in [1.29, 1.82) is 0 Å². The van der Waals surface area contributed by atoms with Crippen LogP contribution in [0.3, 0.4) is 0 Å². The van der Waals surface area contributed by atoms with Crippen LogP contribution in [0.4, 0.5) is 13.2 Å². The van der Waals surface area contributed by atoms with Gasteiger partial charge in [0.2, 0.25) is 0 Å². The lowest BCUT2D eigenvalue weighted by Crippen LogP contribution is -2.41. The van der Waals surface area contributed by atoms with E-state index in [1.165, 1.54) is 12.1 Å². The van der Waals surface area contributed by atoms with Crippen LogP contribution in [0.1, 0.15) is 23.6 Å². The molecular formula is C20H25F3IN3O. The van der Waals surface area contributed by atoms with Gasteiger partial charge in [0.15, 0.2) is 5.96 Å². The molecule has 1 unspecified atom stereocenters. The van der Waals surface area contributed by atoms with E-state index in [0.29, 0.717) is 31.0 Å². The highest BCUT2D eigenvalue weighted by molar-refractivity contribution is 14.0. The van der Waals surface area contributed by atoms with Gasteiger partial charge in [-0.1, -0.05) is 42.5 Å². The monoisotopic (exact) mass is 507 g/mol. The first-order valence-corrected chi connectivity index (χ1v) is 8.78. The number of benzene rings is 2. The minimum absolute atomic E-state index is 0. The lowest BCUT2D eigenvalue weighted by atomic mass is 10.1. The normalized spacial score (nSPS) is 12.8. The topological polar surface area (TPSA) is 56.7 Å². The van der Waals surface area contributed by atoms with Gasteiger partial charge in [-0.2, -0.15) is 13.2 Å². The molecule has 0 heterocycles. The summed E-state index contributed by atoms with van der Waals surface area (Å²) in [6, 6.07) is 14.6. The van der Waals surface area contributed by atoms with E-state index in [9.17, 15) is 18.3 Å². The fraction of sp³-hybridized carbons (Fsp3) is 0.350. The number of rotatable bonds is 7. The summed E-state index contributed by atoms with van der Waals surface area (Å²) in [6.07, 6.45) is -4.40. The molecule has 0 aliphatic rings. The first-order chi connectivity index (χ1) is 12.9. The molecule has 2 aromatic rings. The van der Waals surface area contributed by atoms with Gasteiger partial charge in [-0.05, 0) is 30.2 Å².